The normalized spacial score (nSPS) is 23.3. The largest absolute Gasteiger partial charge is 0.333 e. The third-order valence-electron chi connectivity index (χ3n) is 4.46. The Morgan fingerprint density at radius 3 is 3.05 bits per heavy atom. The number of halogens is 1. The van der Waals surface area contributed by atoms with Gasteiger partial charge in [0.1, 0.15) is 0 Å². The van der Waals surface area contributed by atoms with Crippen molar-refractivity contribution in [2.45, 2.75) is 50.7 Å². The van der Waals surface area contributed by atoms with Gasteiger partial charge >= 0.3 is 0 Å². The van der Waals surface area contributed by atoms with Crippen LogP contribution in [0.15, 0.2) is 43.0 Å². The van der Waals surface area contributed by atoms with Crippen molar-refractivity contribution >= 4 is 11.6 Å². The Hall–Kier alpha value is -1.32. The second kappa shape index (κ2) is 6.63. The molecule has 0 bridgehead atoms. The number of rotatable bonds is 5. The maximum atomic E-state index is 6.13. The Balaban J connectivity index is 1.74. The highest BCUT2D eigenvalue weighted by Crippen LogP contribution is 2.32. The number of benzene rings is 1. The van der Waals surface area contributed by atoms with Crippen LogP contribution >= 0.6 is 11.6 Å². The second-order valence-electron chi connectivity index (χ2n) is 5.80. The third kappa shape index (κ3) is 3.30. The molecule has 1 aromatic heterocycles. The van der Waals surface area contributed by atoms with Gasteiger partial charge in [-0.05, 0) is 43.4 Å². The van der Waals surface area contributed by atoms with E-state index in [-0.39, 0.29) is 0 Å². The van der Waals surface area contributed by atoms with Gasteiger partial charge in [-0.3, -0.25) is 0 Å². The lowest BCUT2D eigenvalue weighted by Crippen LogP contribution is -2.36. The fourth-order valence-corrected chi connectivity index (χ4v) is 3.59. The maximum absolute atomic E-state index is 6.13. The molecule has 1 heterocycles. The van der Waals surface area contributed by atoms with Crippen molar-refractivity contribution < 1.29 is 0 Å². The summed E-state index contributed by atoms with van der Waals surface area (Å²) in [7, 11) is 0. The number of nitrogens with one attached hydrogen (secondary N) is 1. The number of hydrogen-bond donors (Lipinski definition) is 1. The number of nitrogens with zero attached hydrogens (tertiary/aromatic N) is 2. The molecule has 3 atom stereocenters. The fraction of sp³-hybridized carbons (Fsp3) is 0.471. The highest BCUT2D eigenvalue weighted by molar-refractivity contribution is 6.30. The summed E-state index contributed by atoms with van der Waals surface area (Å²) in [6.45, 7) is 2.22. The van der Waals surface area contributed by atoms with Gasteiger partial charge < -0.3 is 9.88 Å². The smallest absolute Gasteiger partial charge is 0.0949 e. The number of hydrogen-bond acceptors (Lipinski definition) is 2. The van der Waals surface area contributed by atoms with Crippen LogP contribution in [0.1, 0.15) is 50.3 Å². The first-order valence-corrected chi connectivity index (χ1v) is 8.14. The summed E-state index contributed by atoms with van der Waals surface area (Å²) < 4.78 is 2.25. The molecule has 1 saturated carbocycles. The average Bonchev–Trinajstić information content (AvgIpc) is 3.15. The molecule has 112 valence electrons. The molecule has 1 N–H and O–H groups in total. The topological polar surface area (TPSA) is 29.9 Å². The van der Waals surface area contributed by atoms with Gasteiger partial charge in [0.25, 0.3) is 0 Å². The molecule has 3 rings (SSSR count). The fourth-order valence-electron chi connectivity index (χ4n) is 3.39. The van der Waals surface area contributed by atoms with Crippen molar-refractivity contribution in [3.8, 4) is 0 Å². The Bertz CT molecular complexity index is 567. The van der Waals surface area contributed by atoms with Crippen LogP contribution < -0.4 is 5.32 Å². The molecule has 0 radical (unpaired) electrons. The second-order valence-corrected chi connectivity index (χ2v) is 6.23. The summed E-state index contributed by atoms with van der Waals surface area (Å²) >= 11 is 6.13. The molecule has 0 spiro atoms. The van der Waals surface area contributed by atoms with Gasteiger partial charge in [0.15, 0.2) is 0 Å². The first-order chi connectivity index (χ1) is 10.3. The van der Waals surface area contributed by atoms with E-state index >= 15 is 0 Å². The summed E-state index contributed by atoms with van der Waals surface area (Å²) in [4.78, 5) is 4.19. The predicted molar refractivity (Wildman–Crippen MR) is 86.5 cm³/mol. The van der Waals surface area contributed by atoms with Crippen molar-refractivity contribution in [1.82, 2.24) is 14.9 Å². The Labute approximate surface area is 131 Å². The molecule has 3 unspecified atom stereocenters. The third-order valence-corrected chi connectivity index (χ3v) is 4.70. The molecule has 21 heavy (non-hydrogen) atoms. The number of imidazole rings is 1. The zero-order valence-corrected chi connectivity index (χ0v) is 13.1. The van der Waals surface area contributed by atoms with E-state index in [1.165, 1.54) is 24.8 Å². The molecule has 3 nitrogen and oxygen atoms in total. The minimum atomic E-state index is 0.359. The Morgan fingerprint density at radius 2 is 2.33 bits per heavy atom. The molecule has 4 heteroatoms. The van der Waals surface area contributed by atoms with E-state index in [1.807, 2.05) is 24.7 Å². The average molecular weight is 304 g/mol. The number of aromatic nitrogens is 2. The molecule has 1 aliphatic carbocycles. The van der Waals surface area contributed by atoms with Crippen LogP contribution in [0.25, 0.3) is 0 Å². The summed E-state index contributed by atoms with van der Waals surface area (Å²) in [6.07, 6.45) is 10.7. The predicted octanol–water partition coefficient (Wildman–Crippen LogP) is 4.37. The zero-order chi connectivity index (χ0) is 14.7. The first kappa shape index (κ1) is 14.6. The molecule has 0 aliphatic heterocycles. The molecule has 1 aromatic carbocycles. The van der Waals surface area contributed by atoms with Gasteiger partial charge in [-0.1, -0.05) is 30.7 Å². The van der Waals surface area contributed by atoms with Gasteiger partial charge in [0.2, 0.25) is 0 Å². The van der Waals surface area contributed by atoms with Gasteiger partial charge in [-0.15, -0.1) is 0 Å². The van der Waals surface area contributed by atoms with Gasteiger partial charge in [-0.2, -0.15) is 0 Å². The lowest BCUT2D eigenvalue weighted by Gasteiger charge is -2.27. The highest BCUT2D eigenvalue weighted by Gasteiger charge is 2.30. The lowest BCUT2D eigenvalue weighted by molar-refractivity contribution is 0.348. The van der Waals surface area contributed by atoms with Crippen LogP contribution in [0.4, 0.5) is 0 Å². The van der Waals surface area contributed by atoms with Crippen LogP contribution in [0, 0.1) is 0 Å². The lowest BCUT2D eigenvalue weighted by atomic mass is 10.0. The van der Waals surface area contributed by atoms with Crippen LogP contribution in [-0.2, 0) is 0 Å². The van der Waals surface area contributed by atoms with Crippen LogP contribution in [0.3, 0.4) is 0 Å². The van der Waals surface area contributed by atoms with Crippen molar-refractivity contribution in [3.63, 3.8) is 0 Å². The van der Waals surface area contributed by atoms with Crippen LogP contribution in [-0.4, -0.2) is 15.6 Å². The zero-order valence-electron chi connectivity index (χ0n) is 12.4. The molecule has 0 amide bonds. The monoisotopic (exact) mass is 303 g/mol. The van der Waals surface area contributed by atoms with E-state index in [2.05, 4.69) is 40.1 Å². The van der Waals surface area contributed by atoms with Crippen molar-refractivity contribution in [2.24, 2.45) is 0 Å². The summed E-state index contributed by atoms with van der Waals surface area (Å²) in [5.41, 5.74) is 1.28. The van der Waals surface area contributed by atoms with Crippen molar-refractivity contribution in [3.05, 3.63) is 53.6 Å². The molecule has 0 saturated heterocycles. The molecule has 1 fully saturated rings. The minimum absolute atomic E-state index is 0.359. The van der Waals surface area contributed by atoms with Gasteiger partial charge in [-0.25, -0.2) is 4.98 Å². The van der Waals surface area contributed by atoms with E-state index in [0.29, 0.717) is 18.1 Å². The molecule has 1 aliphatic rings. The van der Waals surface area contributed by atoms with E-state index in [0.717, 1.165) is 11.4 Å². The van der Waals surface area contributed by atoms with E-state index in [4.69, 9.17) is 11.6 Å². The van der Waals surface area contributed by atoms with E-state index < -0.39 is 0 Å². The van der Waals surface area contributed by atoms with Gasteiger partial charge in [0, 0.05) is 35.5 Å². The van der Waals surface area contributed by atoms with E-state index in [1.54, 1.807) is 0 Å². The highest BCUT2D eigenvalue weighted by atomic mass is 35.5. The van der Waals surface area contributed by atoms with Crippen LogP contribution in [0.5, 0.6) is 0 Å². The van der Waals surface area contributed by atoms with Crippen molar-refractivity contribution in [2.75, 3.05) is 0 Å². The van der Waals surface area contributed by atoms with Crippen molar-refractivity contribution in [1.29, 1.82) is 0 Å². The standard InChI is InChI=1S/C17H22ClN3/c1-2-15(13-5-3-6-14(18)11-13)20-16-7-4-8-17(16)21-10-9-19-12-21/h3,5-6,9-12,15-17,20H,2,4,7-8H2,1H3. The summed E-state index contributed by atoms with van der Waals surface area (Å²) in [5, 5.41) is 4.65. The summed E-state index contributed by atoms with van der Waals surface area (Å²) in [5.74, 6) is 0. The van der Waals surface area contributed by atoms with E-state index in [9.17, 15) is 0 Å². The quantitative estimate of drug-likeness (QED) is 0.889. The molecular weight excluding hydrogens is 282 g/mol. The maximum Gasteiger partial charge on any atom is 0.0949 e. The minimum Gasteiger partial charge on any atom is -0.333 e. The molecule has 2 aromatic rings. The Morgan fingerprint density at radius 1 is 1.43 bits per heavy atom. The van der Waals surface area contributed by atoms with Crippen LogP contribution in [0.2, 0.25) is 5.02 Å². The van der Waals surface area contributed by atoms with Gasteiger partial charge in [0.05, 0.1) is 6.33 Å². The SMILES string of the molecule is CCC(NC1CCCC1n1ccnc1)c1cccc(Cl)c1. The molecular formula is C17H22ClN3. The summed E-state index contributed by atoms with van der Waals surface area (Å²) in [6, 6.07) is 9.57. The first-order valence-electron chi connectivity index (χ1n) is 7.77. The Kier molecular flexibility index (Phi) is 4.61.